The van der Waals surface area contributed by atoms with Crippen molar-refractivity contribution < 1.29 is 9.53 Å². The number of carbonyl (C=O) groups excluding carboxylic acids is 1. The molecule has 0 aromatic heterocycles. The van der Waals surface area contributed by atoms with Crippen LogP contribution in [0.15, 0.2) is 41.8 Å². The van der Waals surface area contributed by atoms with Gasteiger partial charge in [0.2, 0.25) is 0 Å². The number of amides is 1. The second-order valence-electron chi connectivity index (χ2n) is 4.86. The van der Waals surface area contributed by atoms with Gasteiger partial charge in [0.1, 0.15) is 16.7 Å². The number of hydrogen-bond donors (Lipinski definition) is 0. The van der Waals surface area contributed by atoms with Crippen LogP contribution in [0.2, 0.25) is 0 Å². The summed E-state index contributed by atoms with van der Waals surface area (Å²) >= 11 is 6.66. The van der Waals surface area contributed by atoms with E-state index in [9.17, 15) is 4.79 Å². The molecule has 1 amide bonds. The minimum atomic E-state index is 0.00966. The highest BCUT2D eigenvalue weighted by Gasteiger charge is 2.31. The fraction of sp³-hybridized carbons (Fsp3) is 0.294. The first-order valence-electron chi connectivity index (χ1n) is 7.25. The van der Waals surface area contributed by atoms with Crippen molar-refractivity contribution in [3.8, 4) is 5.75 Å². The second kappa shape index (κ2) is 8.15. The summed E-state index contributed by atoms with van der Waals surface area (Å²) in [6.45, 7) is 6.90. The van der Waals surface area contributed by atoms with E-state index >= 15 is 0 Å². The molecule has 2 rings (SSSR count). The Morgan fingerprint density at radius 3 is 2.73 bits per heavy atom. The van der Waals surface area contributed by atoms with E-state index in [1.807, 2.05) is 30.3 Å². The number of benzene rings is 1. The molecule has 0 unspecified atom stereocenters. The highest BCUT2D eigenvalue weighted by atomic mass is 32.2. The molecule has 0 bridgehead atoms. The zero-order valence-electron chi connectivity index (χ0n) is 12.6. The van der Waals surface area contributed by atoms with Crippen LogP contribution in [0.1, 0.15) is 25.3 Å². The Morgan fingerprint density at radius 2 is 2.09 bits per heavy atom. The molecule has 0 N–H and O–H groups in total. The third kappa shape index (κ3) is 4.21. The summed E-state index contributed by atoms with van der Waals surface area (Å²) in [6, 6.07) is 7.62. The van der Waals surface area contributed by atoms with Crippen molar-refractivity contribution >= 4 is 40.3 Å². The van der Waals surface area contributed by atoms with E-state index in [0.717, 1.165) is 24.2 Å². The number of nitrogens with zero attached hydrogens (tertiary/aromatic N) is 1. The van der Waals surface area contributed by atoms with Crippen LogP contribution in [-0.4, -0.2) is 28.3 Å². The van der Waals surface area contributed by atoms with E-state index < -0.39 is 0 Å². The number of rotatable bonds is 7. The van der Waals surface area contributed by atoms with Crippen LogP contribution in [-0.2, 0) is 4.79 Å². The molecule has 0 atom stereocenters. The quantitative estimate of drug-likeness (QED) is 0.424. The van der Waals surface area contributed by atoms with Crippen LogP contribution in [0.5, 0.6) is 5.75 Å². The van der Waals surface area contributed by atoms with Crippen molar-refractivity contribution in [3.63, 3.8) is 0 Å². The van der Waals surface area contributed by atoms with Gasteiger partial charge in [0.15, 0.2) is 0 Å². The summed E-state index contributed by atoms with van der Waals surface area (Å²) in [4.78, 5) is 14.7. The molecule has 0 saturated carbocycles. The van der Waals surface area contributed by atoms with Crippen LogP contribution in [0.4, 0.5) is 0 Å². The minimum Gasteiger partial charge on any atom is -0.490 e. The first kappa shape index (κ1) is 16.8. The molecule has 1 aliphatic heterocycles. The highest BCUT2D eigenvalue weighted by molar-refractivity contribution is 8.26. The van der Waals surface area contributed by atoms with Gasteiger partial charge in [-0.3, -0.25) is 9.69 Å². The monoisotopic (exact) mass is 333 g/mol. The van der Waals surface area contributed by atoms with E-state index in [0.29, 0.717) is 22.4 Å². The molecule has 0 aliphatic carbocycles. The average molecular weight is 333 g/mol. The number of hydrogen-bond acceptors (Lipinski definition) is 4. The highest BCUT2D eigenvalue weighted by Crippen LogP contribution is 2.32. The molecule has 1 aromatic carbocycles. The Hall–Kier alpha value is -1.59. The zero-order valence-corrected chi connectivity index (χ0v) is 14.2. The van der Waals surface area contributed by atoms with Crippen molar-refractivity contribution in [1.29, 1.82) is 0 Å². The molecule has 1 aromatic rings. The van der Waals surface area contributed by atoms with Gasteiger partial charge in [0.25, 0.3) is 5.91 Å². The fourth-order valence-electron chi connectivity index (χ4n) is 1.98. The number of thiocarbonyl (C=S) groups is 1. The van der Waals surface area contributed by atoms with Crippen LogP contribution in [0.25, 0.3) is 6.08 Å². The van der Waals surface area contributed by atoms with Gasteiger partial charge < -0.3 is 4.74 Å². The van der Waals surface area contributed by atoms with E-state index in [1.54, 1.807) is 11.0 Å². The van der Waals surface area contributed by atoms with Gasteiger partial charge in [-0.1, -0.05) is 62.1 Å². The summed E-state index contributed by atoms with van der Waals surface area (Å²) in [5.41, 5.74) is 0.960. The third-order valence-corrected chi connectivity index (χ3v) is 4.53. The third-order valence-electron chi connectivity index (χ3n) is 3.15. The van der Waals surface area contributed by atoms with E-state index in [4.69, 9.17) is 17.0 Å². The summed E-state index contributed by atoms with van der Waals surface area (Å²) in [6.07, 6.45) is 5.59. The van der Waals surface area contributed by atoms with Gasteiger partial charge in [0.05, 0.1) is 4.91 Å². The predicted molar refractivity (Wildman–Crippen MR) is 96.9 cm³/mol. The van der Waals surface area contributed by atoms with Gasteiger partial charge in [0, 0.05) is 6.54 Å². The summed E-state index contributed by atoms with van der Waals surface area (Å²) in [5.74, 6) is 0.794. The summed E-state index contributed by atoms with van der Waals surface area (Å²) in [5, 5.41) is 0. The largest absolute Gasteiger partial charge is 0.490 e. The van der Waals surface area contributed by atoms with Crippen molar-refractivity contribution in [2.75, 3.05) is 13.2 Å². The Bertz CT molecular complexity index is 593. The van der Waals surface area contributed by atoms with Gasteiger partial charge in [-0.2, -0.15) is 0 Å². The lowest BCUT2D eigenvalue weighted by atomic mass is 10.2. The molecule has 22 heavy (non-hydrogen) atoms. The van der Waals surface area contributed by atoms with E-state index in [-0.39, 0.29) is 5.91 Å². The van der Waals surface area contributed by atoms with Crippen molar-refractivity contribution in [2.45, 2.75) is 19.8 Å². The Labute approximate surface area is 141 Å². The van der Waals surface area contributed by atoms with Gasteiger partial charge in [-0.15, -0.1) is 0 Å². The zero-order chi connectivity index (χ0) is 15.9. The fourth-order valence-corrected chi connectivity index (χ4v) is 3.28. The van der Waals surface area contributed by atoms with Crippen LogP contribution >= 0.6 is 24.0 Å². The molecule has 0 radical (unpaired) electrons. The molecule has 116 valence electrons. The average Bonchev–Trinajstić information content (AvgIpc) is 2.79. The van der Waals surface area contributed by atoms with Gasteiger partial charge >= 0.3 is 0 Å². The number of unbranched alkanes of at least 4 members (excludes halogenated alkanes) is 1. The molecule has 3 nitrogen and oxygen atoms in total. The normalized spacial score (nSPS) is 16.4. The van der Waals surface area contributed by atoms with E-state index in [1.165, 1.54) is 11.8 Å². The SMILES string of the molecule is C=CCOc1ccc(/C=C2\SC(=S)N(CCCC)C2=O)cc1. The second-order valence-corrected chi connectivity index (χ2v) is 6.53. The molecule has 1 heterocycles. The molecule has 1 fully saturated rings. The maximum absolute atomic E-state index is 12.3. The first-order valence-corrected chi connectivity index (χ1v) is 8.47. The standard InChI is InChI=1S/C17H19NO2S2/c1-3-5-10-18-16(19)15(22-17(18)21)12-13-6-8-14(9-7-13)20-11-4-2/h4,6-9,12H,2-3,5,10-11H2,1H3/b15-12-. The topological polar surface area (TPSA) is 29.5 Å². The van der Waals surface area contributed by atoms with Crippen LogP contribution < -0.4 is 4.74 Å². The lowest BCUT2D eigenvalue weighted by Crippen LogP contribution is -2.28. The Morgan fingerprint density at radius 1 is 1.36 bits per heavy atom. The van der Waals surface area contributed by atoms with Crippen molar-refractivity contribution in [2.24, 2.45) is 0 Å². The molecular formula is C17H19NO2S2. The predicted octanol–water partition coefficient (Wildman–Crippen LogP) is 4.25. The molecule has 1 aliphatic rings. The van der Waals surface area contributed by atoms with Gasteiger partial charge in [-0.05, 0) is 30.2 Å². The maximum atomic E-state index is 12.3. The lowest BCUT2D eigenvalue weighted by molar-refractivity contribution is -0.122. The van der Waals surface area contributed by atoms with Crippen LogP contribution in [0, 0.1) is 0 Å². The van der Waals surface area contributed by atoms with Crippen LogP contribution in [0.3, 0.4) is 0 Å². The number of carbonyl (C=O) groups is 1. The van der Waals surface area contributed by atoms with Gasteiger partial charge in [-0.25, -0.2) is 0 Å². The molecular weight excluding hydrogens is 314 g/mol. The minimum absolute atomic E-state index is 0.00966. The first-order chi connectivity index (χ1) is 10.7. The summed E-state index contributed by atoms with van der Waals surface area (Å²) < 4.78 is 6.09. The van der Waals surface area contributed by atoms with Crippen molar-refractivity contribution in [3.05, 3.63) is 47.4 Å². The van der Waals surface area contributed by atoms with Crippen molar-refractivity contribution in [1.82, 2.24) is 4.90 Å². The smallest absolute Gasteiger partial charge is 0.266 e. The van der Waals surface area contributed by atoms with E-state index in [2.05, 4.69) is 13.5 Å². The molecule has 1 saturated heterocycles. The molecule has 5 heteroatoms. The number of ether oxygens (including phenoxy) is 1. The Balaban J connectivity index is 2.07. The Kier molecular flexibility index (Phi) is 6.21. The summed E-state index contributed by atoms with van der Waals surface area (Å²) in [7, 11) is 0. The number of thioether (sulfide) groups is 1. The maximum Gasteiger partial charge on any atom is 0.266 e. The lowest BCUT2D eigenvalue weighted by Gasteiger charge is -2.13. The molecule has 0 spiro atoms.